The number of fused-ring (bicyclic) bond motifs is 1. The van der Waals surface area contributed by atoms with Crippen LogP contribution in [0.15, 0.2) is 66.7 Å². The van der Waals surface area contributed by atoms with E-state index >= 15 is 0 Å². The van der Waals surface area contributed by atoms with Gasteiger partial charge in [-0.25, -0.2) is 0 Å². The Bertz CT molecular complexity index is 1150. The van der Waals surface area contributed by atoms with Gasteiger partial charge in [-0.1, -0.05) is 12.1 Å². The zero-order valence-electron chi connectivity index (χ0n) is 16.3. The van der Waals surface area contributed by atoms with Crippen molar-refractivity contribution in [1.29, 1.82) is 0 Å². The molecule has 0 aliphatic carbocycles. The van der Waals surface area contributed by atoms with E-state index in [9.17, 15) is 31.1 Å². The molecule has 0 atom stereocenters. The highest BCUT2D eigenvalue weighted by molar-refractivity contribution is 6.08. The Labute approximate surface area is 178 Å². The summed E-state index contributed by atoms with van der Waals surface area (Å²) >= 11 is 0. The molecule has 0 bridgehead atoms. The first-order valence-electron chi connectivity index (χ1n) is 9.50. The van der Waals surface area contributed by atoms with Crippen LogP contribution >= 0.6 is 0 Å². The molecule has 1 aliphatic heterocycles. The molecule has 1 heterocycles. The topological polar surface area (TPSA) is 29.5 Å². The van der Waals surface area contributed by atoms with Gasteiger partial charge in [0.05, 0.1) is 11.1 Å². The first kappa shape index (κ1) is 21.7. The second-order valence-corrected chi connectivity index (χ2v) is 7.16. The number of ether oxygens (including phenoxy) is 1. The zero-order valence-corrected chi connectivity index (χ0v) is 16.3. The second-order valence-electron chi connectivity index (χ2n) is 7.16. The number of hydrogen-bond acceptors (Lipinski definition) is 2. The molecule has 0 N–H and O–H groups in total. The summed E-state index contributed by atoms with van der Waals surface area (Å²) in [4.78, 5) is 14.3. The van der Waals surface area contributed by atoms with E-state index in [0.717, 1.165) is 24.3 Å². The predicted octanol–water partition coefficient (Wildman–Crippen LogP) is 6.72. The highest BCUT2D eigenvalue weighted by Crippen LogP contribution is 2.36. The normalized spacial score (nSPS) is 14.3. The third-order valence-electron chi connectivity index (χ3n) is 5.09. The Morgan fingerprint density at radius 1 is 0.781 bits per heavy atom. The molecule has 0 saturated heterocycles. The third kappa shape index (κ3) is 4.28. The maximum atomic E-state index is 13.0. The van der Waals surface area contributed by atoms with Gasteiger partial charge in [0.1, 0.15) is 11.5 Å². The van der Waals surface area contributed by atoms with E-state index < -0.39 is 29.4 Å². The average Bonchev–Trinajstić information content (AvgIpc) is 2.74. The number of carbonyl (C=O) groups is 1. The maximum Gasteiger partial charge on any atom is 0.416 e. The second kappa shape index (κ2) is 7.89. The molecule has 0 fully saturated rings. The number of hydrogen-bond donors (Lipinski definition) is 0. The quantitative estimate of drug-likeness (QED) is 0.414. The maximum absolute atomic E-state index is 13.0. The van der Waals surface area contributed by atoms with Crippen molar-refractivity contribution >= 4 is 11.6 Å². The van der Waals surface area contributed by atoms with Crippen LogP contribution in [0.3, 0.4) is 0 Å². The molecular formula is C23H15F6NO2. The smallest absolute Gasteiger partial charge is 0.416 e. The number of amides is 1. The Morgan fingerprint density at radius 3 is 2.09 bits per heavy atom. The molecule has 3 aromatic carbocycles. The Kier molecular flexibility index (Phi) is 5.36. The first-order valence-corrected chi connectivity index (χ1v) is 9.50. The molecule has 9 heteroatoms. The summed E-state index contributed by atoms with van der Waals surface area (Å²) in [7, 11) is 0. The molecule has 166 valence electrons. The molecule has 0 radical (unpaired) electrons. The van der Waals surface area contributed by atoms with Gasteiger partial charge in [-0.15, -0.1) is 0 Å². The lowest BCUT2D eigenvalue weighted by Crippen LogP contribution is -2.37. The van der Waals surface area contributed by atoms with E-state index in [-0.39, 0.29) is 23.5 Å². The summed E-state index contributed by atoms with van der Waals surface area (Å²) in [5, 5.41) is 0. The SMILES string of the molecule is O=C1c2cccc(Oc3ccc(C(F)(F)F)cc3)c2CCN1c1cccc(C(F)(F)F)c1. The molecule has 3 aromatic rings. The molecule has 1 aliphatic rings. The van der Waals surface area contributed by atoms with Gasteiger partial charge >= 0.3 is 12.4 Å². The molecule has 32 heavy (non-hydrogen) atoms. The molecular weight excluding hydrogens is 436 g/mol. The number of alkyl halides is 6. The lowest BCUT2D eigenvalue weighted by Gasteiger charge is -2.30. The molecule has 0 aromatic heterocycles. The monoisotopic (exact) mass is 451 g/mol. The van der Waals surface area contributed by atoms with Crippen LogP contribution < -0.4 is 9.64 Å². The van der Waals surface area contributed by atoms with E-state index in [1.165, 1.54) is 35.2 Å². The van der Waals surface area contributed by atoms with E-state index in [1.807, 2.05) is 0 Å². The number of anilines is 1. The van der Waals surface area contributed by atoms with Gasteiger partial charge in [-0.05, 0) is 61.0 Å². The van der Waals surface area contributed by atoms with Crippen molar-refractivity contribution in [2.24, 2.45) is 0 Å². The van der Waals surface area contributed by atoms with Gasteiger partial charge in [0.15, 0.2) is 0 Å². The molecule has 0 saturated carbocycles. The summed E-state index contributed by atoms with van der Waals surface area (Å²) in [6.07, 6.45) is -8.70. The van der Waals surface area contributed by atoms with Crippen molar-refractivity contribution in [3.8, 4) is 11.5 Å². The summed E-state index contributed by atoms with van der Waals surface area (Å²) in [5.74, 6) is -0.0121. The minimum Gasteiger partial charge on any atom is -0.457 e. The minimum atomic E-state index is -4.53. The average molecular weight is 451 g/mol. The Balaban J connectivity index is 1.60. The van der Waals surface area contributed by atoms with E-state index in [1.54, 1.807) is 12.1 Å². The first-order chi connectivity index (χ1) is 15.0. The highest BCUT2D eigenvalue weighted by Gasteiger charge is 2.33. The third-order valence-corrected chi connectivity index (χ3v) is 5.09. The summed E-state index contributed by atoms with van der Waals surface area (Å²) < 4.78 is 83.0. The highest BCUT2D eigenvalue weighted by atomic mass is 19.4. The molecule has 3 nitrogen and oxygen atoms in total. The molecule has 0 spiro atoms. The van der Waals surface area contributed by atoms with Gasteiger partial charge in [-0.3, -0.25) is 4.79 Å². The van der Waals surface area contributed by atoms with Crippen molar-refractivity contribution in [2.75, 3.05) is 11.4 Å². The number of benzene rings is 3. The Hall–Kier alpha value is -3.49. The predicted molar refractivity (Wildman–Crippen MR) is 105 cm³/mol. The van der Waals surface area contributed by atoms with Gasteiger partial charge in [0.2, 0.25) is 0 Å². The van der Waals surface area contributed by atoms with Crippen molar-refractivity contribution in [2.45, 2.75) is 18.8 Å². The lowest BCUT2D eigenvalue weighted by molar-refractivity contribution is -0.138. The number of nitrogens with zero attached hydrogens (tertiary/aromatic N) is 1. The number of carbonyl (C=O) groups excluding carboxylic acids is 1. The largest absolute Gasteiger partial charge is 0.457 e. The van der Waals surface area contributed by atoms with E-state index in [0.29, 0.717) is 17.7 Å². The van der Waals surface area contributed by atoms with Gasteiger partial charge in [-0.2, -0.15) is 26.3 Å². The van der Waals surface area contributed by atoms with E-state index in [2.05, 4.69) is 0 Å². The van der Waals surface area contributed by atoms with E-state index in [4.69, 9.17) is 4.74 Å². The fourth-order valence-electron chi connectivity index (χ4n) is 3.53. The van der Waals surface area contributed by atoms with Crippen LogP contribution in [0, 0.1) is 0 Å². The minimum absolute atomic E-state index is 0.126. The van der Waals surface area contributed by atoms with Crippen molar-refractivity contribution in [1.82, 2.24) is 0 Å². The van der Waals surface area contributed by atoms with Gasteiger partial charge in [0.25, 0.3) is 5.91 Å². The van der Waals surface area contributed by atoms with Crippen LogP contribution in [0.5, 0.6) is 11.5 Å². The lowest BCUT2D eigenvalue weighted by atomic mass is 9.97. The molecule has 0 unspecified atom stereocenters. The summed E-state index contributed by atoms with van der Waals surface area (Å²) in [5.41, 5.74) is -0.733. The van der Waals surface area contributed by atoms with Crippen LogP contribution in [0.25, 0.3) is 0 Å². The Morgan fingerprint density at radius 2 is 1.44 bits per heavy atom. The van der Waals surface area contributed by atoms with Gasteiger partial charge < -0.3 is 9.64 Å². The summed E-state index contributed by atoms with van der Waals surface area (Å²) in [6.45, 7) is 0.126. The van der Waals surface area contributed by atoms with Crippen molar-refractivity contribution in [3.63, 3.8) is 0 Å². The van der Waals surface area contributed by atoms with Crippen LogP contribution in [-0.4, -0.2) is 12.5 Å². The van der Waals surface area contributed by atoms with Gasteiger partial charge in [0, 0.05) is 23.4 Å². The van der Waals surface area contributed by atoms with Crippen molar-refractivity contribution in [3.05, 3.63) is 89.0 Å². The standard InChI is InChI=1S/C23H15F6NO2/c24-22(25,26)14-7-9-17(10-8-14)32-20-6-2-5-19-18(20)11-12-30(21(19)31)16-4-1-3-15(13-16)23(27,28)29/h1-10,13H,11-12H2. The number of halogens is 6. The fourth-order valence-corrected chi connectivity index (χ4v) is 3.53. The zero-order chi connectivity index (χ0) is 23.1. The van der Waals surface area contributed by atoms with Crippen LogP contribution in [0.2, 0.25) is 0 Å². The van der Waals surface area contributed by atoms with Crippen LogP contribution in [0.4, 0.5) is 32.0 Å². The molecule has 4 rings (SSSR count). The summed E-state index contributed by atoms with van der Waals surface area (Å²) in [6, 6.07) is 13.4. The van der Waals surface area contributed by atoms with Crippen molar-refractivity contribution < 1.29 is 35.9 Å². The fraction of sp³-hybridized carbons (Fsp3) is 0.174. The van der Waals surface area contributed by atoms with Crippen LogP contribution in [0.1, 0.15) is 27.0 Å². The molecule has 1 amide bonds. The van der Waals surface area contributed by atoms with Crippen LogP contribution in [-0.2, 0) is 18.8 Å². The number of rotatable bonds is 3.